The maximum absolute atomic E-state index is 14.5. The van der Waals surface area contributed by atoms with Crippen LogP contribution < -0.4 is 15.4 Å². The molecule has 0 aliphatic heterocycles. The summed E-state index contributed by atoms with van der Waals surface area (Å²) in [7, 11) is 0. The van der Waals surface area contributed by atoms with Gasteiger partial charge in [-0.15, -0.1) is 0 Å². The van der Waals surface area contributed by atoms with E-state index in [1.54, 1.807) is 18.2 Å². The fourth-order valence-corrected chi connectivity index (χ4v) is 3.84. The fourth-order valence-electron chi connectivity index (χ4n) is 3.66. The van der Waals surface area contributed by atoms with Gasteiger partial charge in [0.2, 0.25) is 0 Å². The first-order valence-corrected chi connectivity index (χ1v) is 11.1. The highest BCUT2D eigenvalue weighted by Crippen LogP contribution is 2.28. The van der Waals surface area contributed by atoms with Crippen LogP contribution in [0.1, 0.15) is 52.0 Å². The van der Waals surface area contributed by atoms with Crippen LogP contribution in [0, 0.1) is 18.7 Å². The van der Waals surface area contributed by atoms with Gasteiger partial charge in [0, 0.05) is 29.7 Å². The van der Waals surface area contributed by atoms with Gasteiger partial charge in [-0.25, -0.2) is 4.39 Å². The van der Waals surface area contributed by atoms with E-state index in [2.05, 4.69) is 10.6 Å². The van der Waals surface area contributed by atoms with Crippen molar-refractivity contribution in [2.24, 2.45) is 5.92 Å². The lowest BCUT2D eigenvalue weighted by Crippen LogP contribution is -2.35. The molecule has 0 heterocycles. The van der Waals surface area contributed by atoms with Crippen molar-refractivity contribution in [3.05, 3.63) is 63.9 Å². The van der Waals surface area contributed by atoms with Crippen molar-refractivity contribution in [3.63, 3.8) is 0 Å². The molecule has 0 bridgehead atoms. The number of amides is 2. The monoisotopic (exact) mass is 476 g/mol. The molecule has 3 N–H and O–H groups in total. The average molecular weight is 477 g/mol. The normalized spacial score (nSPS) is 17.8. The summed E-state index contributed by atoms with van der Waals surface area (Å²) in [5.41, 5.74) is 1.15. The summed E-state index contributed by atoms with van der Waals surface area (Å²) >= 11 is 6.02. The number of hydrogen-bond acceptors (Lipinski definition) is 4. The van der Waals surface area contributed by atoms with E-state index in [1.165, 1.54) is 12.1 Å². The molecule has 1 saturated carbocycles. The second-order valence-electron chi connectivity index (χ2n) is 8.05. The number of carboxylic acids is 1. The Hall–Kier alpha value is -3.13. The molecule has 0 saturated heterocycles. The number of nitrogens with one attached hydrogen (secondary N) is 2. The number of carbonyl (C=O) groups is 3. The predicted molar refractivity (Wildman–Crippen MR) is 121 cm³/mol. The number of benzene rings is 2. The van der Waals surface area contributed by atoms with Gasteiger partial charge in [-0.05, 0) is 62.4 Å². The Kier molecular flexibility index (Phi) is 8.27. The SMILES string of the molecule is Cc1ccc(C(=O)NCCNC(=O)c2ccc(O[C@H]3CC[C@@H](C(=O)O)CC3)cc2F)cc1Cl. The lowest BCUT2D eigenvalue weighted by molar-refractivity contribution is -0.143. The molecular formula is C24H26ClFN2O5. The highest BCUT2D eigenvalue weighted by Gasteiger charge is 2.27. The van der Waals surface area contributed by atoms with Crippen molar-refractivity contribution >= 4 is 29.4 Å². The zero-order valence-electron chi connectivity index (χ0n) is 18.2. The molecule has 0 aromatic heterocycles. The van der Waals surface area contributed by atoms with Crippen molar-refractivity contribution in [3.8, 4) is 5.75 Å². The van der Waals surface area contributed by atoms with E-state index in [4.69, 9.17) is 21.4 Å². The molecule has 176 valence electrons. The number of aliphatic carboxylic acids is 1. The minimum absolute atomic E-state index is 0.120. The summed E-state index contributed by atoms with van der Waals surface area (Å²) in [6, 6.07) is 8.99. The maximum Gasteiger partial charge on any atom is 0.306 e. The van der Waals surface area contributed by atoms with Crippen molar-refractivity contribution in [2.45, 2.75) is 38.7 Å². The number of ether oxygens (including phenoxy) is 1. The van der Waals surface area contributed by atoms with Crippen LogP contribution in [0.5, 0.6) is 5.75 Å². The van der Waals surface area contributed by atoms with E-state index in [-0.39, 0.29) is 36.6 Å². The minimum Gasteiger partial charge on any atom is -0.490 e. The van der Waals surface area contributed by atoms with Crippen LogP contribution in [0.3, 0.4) is 0 Å². The van der Waals surface area contributed by atoms with E-state index in [0.717, 1.165) is 11.6 Å². The number of hydrogen-bond donors (Lipinski definition) is 3. The van der Waals surface area contributed by atoms with Crippen LogP contribution in [0.25, 0.3) is 0 Å². The molecule has 0 spiro atoms. The third-order valence-electron chi connectivity index (χ3n) is 5.64. The summed E-state index contributed by atoms with van der Waals surface area (Å²) in [6.45, 7) is 2.12. The van der Waals surface area contributed by atoms with Crippen molar-refractivity contribution < 1.29 is 28.6 Å². The van der Waals surface area contributed by atoms with Gasteiger partial charge in [0.25, 0.3) is 11.8 Å². The molecule has 3 rings (SSSR count). The third kappa shape index (κ3) is 6.68. The molecule has 7 nitrogen and oxygen atoms in total. The van der Waals surface area contributed by atoms with E-state index in [0.29, 0.717) is 42.0 Å². The van der Waals surface area contributed by atoms with E-state index < -0.39 is 17.7 Å². The van der Waals surface area contributed by atoms with Gasteiger partial charge in [-0.1, -0.05) is 17.7 Å². The Bertz CT molecular complexity index is 1040. The molecule has 0 atom stereocenters. The first kappa shape index (κ1) is 24.5. The Morgan fingerprint density at radius 1 is 1.03 bits per heavy atom. The van der Waals surface area contributed by atoms with Crippen molar-refractivity contribution in [1.29, 1.82) is 0 Å². The minimum atomic E-state index is -0.797. The Morgan fingerprint density at radius 2 is 1.70 bits per heavy atom. The highest BCUT2D eigenvalue weighted by atomic mass is 35.5. The molecule has 2 amide bonds. The Labute approximate surface area is 196 Å². The van der Waals surface area contributed by atoms with Gasteiger partial charge < -0.3 is 20.5 Å². The summed E-state index contributed by atoms with van der Waals surface area (Å²) in [4.78, 5) is 35.5. The largest absolute Gasteiger partial charge is 0.490 e. The quantitative estimate of drug-likeness (QED) is 0.500. The van der Waals surface area contributed by atoms with Crippen LogP contribution in [0.15, 0.2) is 36.4 Å². The molecule has 1 aliphatic carbocycles. The summed E-state index contributed by atoms with van der Waals surface area (Å²) < 4.78 is 20.2. The molecule has 1 aliphatic rings. The smallest absolute Gasteiger partial charge is 0.306 e. The van der Waals surface area contributed by atoms with Gasteiger partial charge in [0.15, 0.2) is 0 Å². The van der Waals surface area contributed by atoms with Gasteiger partial charge in [-0.2, -0.15) is 0 Å². The molecule has 1 fully saturated rings. The van der Waals surface area contributed by atoms with E-state index in [1.807, 2.05) is 6.92 Å². The average Bonchev–Trinajstić information content (AvgIpc) is 2.78. The Balaban J connectivity index is 1.45. The molecule has 0 radical (unpaired) electrons. The number of carbonyl (C=O) groups excluding carboxylic acids is 2. The van der Waals surface area contributed by atoms with E-state index >= 15 is 0 Å². The molecular weight excluding hydrogens is 451 g/mol. The van der Waals surface area contributed by atoms with Crippen LogP contribution in [0.2, 0.25) is 5.02 Å². The fraction of sp³-hybridized carbons (Fsp3) is 0.375. The second kappa shape index (κ2) is 11.1. The molecule has 0 unspecified atom stereocenters. The number of aryl methyl sites for hydroxylation is 1. The third-order valence-corrected chi connectivity index (χ3v) is 6.05. The lowest BCUT2D eigenvalue weighted by atomic mass is 9.87. The number of rotatable bonds is 8. The lowest BCUT2D eigenvalue weighted by Gasteiger charge is -2.26. The van der Waals surface area contributed by atoms with Crippen LogP contribution in [0.4, 0.5) is 4.39 Å². The molecule has 33 heavy (non-hydrogen) atoms. The summed E-state index contributed by atoms with van der Waals surface area (Å²) in [5.74, 6) is -2.50. The number of carboxylic acid groups (broad SMARTS) is 1. The van der Waals surface area contributed by atoms with Gasteiger partial charge in [0.05, 0.1) is 17.6 Å². The standard InChI is InChI=1S/C24H26ClFN2O5/c1-14-2-3-16(12-20(14)25)22(29)27-10-11-28-23(30)19-9-8-18(13-21(19)26)33-17-6-4-15(5-7-17)24(31)32/h2-3,8-9,12-13,15,17H,4-7,10-11H2,1H3,(H,27,29)(H,28,30)(H,31,32)/t15-,17+. The van der Waals surface area contributed by atoms with Gasteiger partial charge in [0.1, 0.15) is 11.6 Å². The zero-order chi connectivity index (χ0) is 24.0. The van der Waals surface area contributed by atoms with Crippen molar-refractivity contribution in [2.75, 3.05) is 13.1 Å². The van der Waals surface area contributed by atoms with Crippen LogP contribution in [-0.2, 0) is 4.79 Å². The molecule has 2 aromatic rings. The van der Waals surface area contributed by atoms with Gasteiger partial charge in [-0.3, -0.25) is 14.4 Å². The maximum atomic E-state index is 14.5. The van der Waals surface area contributed by atoms with E-state index in [9.17, 15) is 18.8 Å². The summed E-state index contributed by atoms with van der Waals surface area (Å²) in [5, 5.41) is 14.8. The van der Waals surface area contributed by atoms with Crippen molar-refractivity contribution in [1.82, 2.24) is 10.6 Å². The second-order valence-corrected chi connectivity index (χ2v) is 8.45. The molecule has 2 aromatic carbocycles. The Morgan fingerprint density at radius 3 is 2.30 bits per heavy atom. The first-order chi connectivity index (χ1) is 15.7. The predicted octanol–water partition coefficient (Wildman–Crippen LogP) is 3.97. The van der Waals surface area contributed by atoms with Gasteiger partial charge >= 0.3 is 5.97 Å². The summed E-state index contributed by atoms with van der Waals surface area (Å²) in [6.07, 6.45) is 2.04. The zero-order valence-corrected chi connectivity index (χ0v) is 19.0. The van der Waals surface area contributed by atoms with Crippen LogP contribution in [-0.4, -0.2) is 42.1 Å². The van der Waals surface area contributed by atoms with Crippen LogP contribution >= 0.6 is 11.6 Å². The topological polar surface area (TPSA) is 105 Å². The number of halogens is 2. The first-order valence-electron chi connectivity index (χ1n) is 10.8. The highest BCUT2D eigenvalue weighted by molar-refractivity contribution is 6.31. The molecule has 9 heteroatoms.